The zero-order valence-corrected chi connectivity index (χ0v) is 33.7. The Bertz CT molecular complexity index is 3650. The third kappa shape index (κ3) is 6.16. The van der Waals surface area contributed by atoms with Gasteiger partial charge in [-0.15, -0.1) is 0 Å². The topological polar surface area (TPSA) is 42.7 Å². The molecule has 0 atom stereocenters. The Hall–Kier alpha value is -8.34. The molecule has 2 heterocycles. The van der Waals surface area contributed by atoms with Gasteiger partial charge >= 0.3 is 0 Å². The van der Waals surface area contributed by atoms with Gasteiger partial charge < -0.3 is 9.88 Å². The molecule has 2 aromatic heterocycles. The summed E-state index contributed by atoms with van der Waals surface area (Å²) in [6, 6.07) is 79.9. The largest absolute Gasteiger partial charge is 0.355 e. The van der Waals surface area contributed by atoms with Gasteiger partial charge in [-0.2, -0.15) is 0 Å². The van der Waals surface area contributed by atoms with E-state index in [-0.39, 0.29) is 0 Å². The summed E-state index contributed by atoms with van der Waals surface area (Å²) in [6.45, 7) is 0. The molecule has 0 fully saturated rings. The predicted molar refractivity (Wildman–Crippen MR) is 260 cm³/mol. The van der Waals surface area contributed by atoms with Crippen molar-refractivity contribution in [2.75, 3.05) is 5.32 Å². The second kappa shape index (κ2) is 14.7. The highest BCUT2D eigenvalue weighted by molar-refractivity contribution is 6.11. The highest BCUT2D eigenvalue weighted by atomic mass is 15.0. The maximum Gasteiger partial charge on any atom is 0.160 e. The summed E-state index contributed by atoms with van der Waals surface area (Å²) < 4.78 is 2.36. The van der Waals surface area contributed by atoms with Crippen LogP contribution < -0.4 is 5.32 Å². The molecule has 0 bridgehead atoms. The fraction of sp³-hybridized carbons (Fsp3) is 0. The molecule has 4 nitrogen and oxygen atoms in total. The van der Waals surface area contributed by atoms with Crippen molar-refractivity contribution >= 4 is 65.6 Å². The zero-order chi connectivity index (χ0) is 41.0. The molecule has 0 aliphatic rings. The molecule has 12 aromatic rings. The molecule has 0 unspecified atom stereocenters. The molecular weight excluding hydrogens is 753 g/mol. The van der Waals surface area contributed by atoms with Crippen LogP contribution in [0.2, 0.25) is 0 Å². The highest BCUT2D eigenvalue weighted by Crippen LogP contribution is 2.39. The van der Waals surface area contributed by atoms with E-state index in [9.17, 15) is 0 Å². The number of benzene rings is 10. The molecule has 12 rings (SSSR count). The number of para-hydroxylation sites is 2. The number of nitrogens with one attached hydrogen (secondary N) is 1. The van der Waals surface area contributed by atoms with Crippen LogP contribution in [-0.2, 0) is 0 Å². The van der Waals surface area contributed by atoms with Crippen molar-refractivity contribution in [3.63, 3.8) is 0 Å². The third-order valence-corrected chi connectivity index (χ3v) is 12.2. The molecule has 0 amide bonds. The van der Waals surface area contributed by atoms with E-state index in [4.69, 9.17) is 9.97 Å². The Morgan fingerprint density at radius 2 is 0.984 bits per heavy atom. The first-order valence-electron chi connectivity index (χ1n) is 21.1. The molecule has 0 aliphatic heterocycles. The van der Waals surface area contributed by atoms with Crippen LogP contribution in [0.5, 0.6) is 0 Å². The van der Waals surface area contributed by atoms with E-state index in [2.05, 4.69) is 234 Å². The normalized spacial score (nSPS) is 11.5. The van der Waals surface area contributed by atoms with Gasteiger partial charge in [0.2, 0.25) is 0 Å². The van der Waals surface area contributed by atoms with E-state index >= 15 is 0 Å². The average molecular weight is 791 g/mol. The number of anilines is 2. The van der Waals surface area contributed by atoms with Gasteiger partial charge in [-0.1, -0.05) is 158 Å². The standard InChI is InChI=1S/C58H38N4/c1-3-14-39(15-4-1)51-36-43(44-29-34-55-52(37-44)49-21-11-12-22-54(49)62(55)47-18-5-2-6-19-47)28-33-53(51)59-46-30-25-41(26-31-46)56-50-32-27-40-16-9-10-20-48(40)57(50)61-58(60-56)45-24-23-38-13-7-8-17-42(38)35-45/h1-37,59H. The Balaban J connectivity index is 0.926. The van der Waals surface area contributed by atoms with Gasteiger partial charge in [-0.05, 0) is 99.6 Å². The molecule has 0 saturated carbocycles. The molecule has 290 valence electrons. The molecule has 62 heavy (non-hydrogen) atoms. The van der Waals surface area contributed by atoms with Gasteiger partial charge in [0.05, 0.1) is 22.2 Å². The van der Waals surface area contributed by atoms with Crippen LogP contribution in [0.25, 0.3) is 105 Å². The minimum absolute atomic E-state index is 0.713. The number of nitrogens with zero attached hydrogens (tertiary/aromatic N) is 3. The van der Waals surface area contributed by atoms with Crippen molar-refractivity contribution in [1.29, 1.82) is 0 Å². The lowest BCUT2D eigenvalue weighted by Gasteiger charge is -2.16. The highest BCUT2D eigenvalue weighted by Gasteiger charge is 2.17. The molecule has 10 aromatic carbocycles. The smallest absolute Gasteiger partial charge is 0.160 e. The average Bonchev–Trinajstić information content (AvgIpc) is 3.68. The van der Waals surface area contributed by atoms with Gasteiger partial charge in [0, 0.05) is 55.3 Å². The third-order valence-electron chi connectivity index (χ3n) is 12.2. The minimum atomic E-state index is 0.713. The van der Waals surface area contributed by atoms with Gasteiger partial charge in [0.1, 0.15) is 0 Å². The van der Waals surface area contributed by atoms with Crippen LogP contribution in [0, 0.1) is 0 Å². The second-order valence-corrected chi connectivity index (χ2v) is 15.9. The lowest BCUT2D eigenvalue weighted by atomic mass is 9.96. The van der Waals surface area contributed by atoms with Crippen molar-refractivity contribution in [1.82, 2.24) is 14.5 Å². The fourth-order valence-electron chi connectivity index (χ4n) is 9.11. The maximum absolute atomic E-state index is 5.28. The van der Waals surface area contributed by atoms with E-state index in [1.165, 1.54) is 38.1 Å². The van der Waals surface area contributed by atoms with Crippen molar-refractivity contribution in [2.24, 2.45) is 0 Å². The molecule has 4 heteroatoms. The van der Waals surface area contributed by atoms with E-state index in [1.54, 1.807) is 0 Å². The van der Waals surface area contributed by atoms with Crippen molar-refractivity contribution < 1.29 is 0 Å². The van der Waals surface area contributed by atoms with E-state index < -0.39 is 0 Å². The molecule has 0 aliphatic carbocycles. The van der Waals surface area contributed by atoms with Crippen LogP contribution in [0.15, 0.2) is 224 Å². The summed E-state index contributed by atoms with van der Waals surface area (Å²) in [6.07, 6.45) is 0. The molecule has 1 N–H and O–H groups in total. The summed E-state index contributed by atoms with van der Waals surface area (Å²) in [5.41, 5.74) is 14.1. The quantitative estimate of drug-likeness (QED) is 0.164. The monoisotopic (exact) mass is 790 g/mol. The van der Waals surface area contributed by atoms with E-state index in [0.29, 0.717) is 5.82 Å². The number of fused-ring (bicyclic) bond motifs is 7. The minimum Gasteiger partial charge on any atom is -0.355 e. The van der Waals surface area contributed by atoms with Crippen LogP contribution >= 0.6 is 0 Å². The SMILES string of the molecule is c1ccc(-c2cc(-c3ccc4c(c3)c3ccccc3n4-c3ccccc3)ccc2Nc2ccc(-c3nc(-c4ccc5ccccc5c4)nc4c3ccc3ccccc34)cc2)cc1. The van der Waals surface area contributed by atoms with Gasteiger partial charge in [0.15, 0.2) is 5.82 Å². The summed E-state index contributed by atoms with van der Waals surface area (Å²) in [5, 5.41) is 11.9. The van der Waals surface area contributed by atoms with Gasteiger partial charge in [-0.3, -0.25) is 0 Å². The fourth-order valence-corrected chi connectivity index (χ4v) is 9.11. The van der Waals surface area contributed by atoms with Gasteiger partial charge in [-0.25, -0.2) is 9.97 Å². The second-order valence-electron chi connectivity index (χ2n) is 15.9. The molecule has 0 saturated heterocycles. The molecular formula is C58H38N4. The van der Waals surface area contributed by atoms with E-state index in [0.717, 1.165) is 72.2 Å². The Morgan fingerprint density at radius 3 is 1.82 bits per heavy atom. The predicted octanol–water partition coefficient (Wildman–Crippen LogP) is 15.4. The molecule has 0 radical (unpaired) electrons. The number of rotatable bonds is 7. The van der Waals surface area contributed by atoms with Crippen molar-refractivity contribution in [3.05, 3.63) is 224 Å². The van der Waals surface area contributed by atoms with Crippen molar-refractivity contribution in [3.8, 4) is 50.6 Å². The Morgan fingerprint density at radius 1 is 0.355 bits per heavy atom. The summed E-state index contributed by atoms with van der Waals surface area (Å²) in [5.74, 6) is 0.713. The van der Waals surface area contributed by atoms with Crippen LogP contribution in [0.4, 0.5) is 11.4 Å². The molecule has 0 spiro atoms. The Labute approximate surface area is 359 Å². The van der Waals surface area contributed by atoms with Crippen LogP contribution in [0.1, 0.15) is 0 Å². The van der Waals surface area contributed by atoms with Gasteiger partial charge in [0.25, 0.3) is 0 Å². The number of hydrogen-bond donors (Lipinski definition) is 1. The van der Waals surface area contributed by atoms with E-state index in [1.807, 2.05) is 0 Å². The van der Waals surface area contributed by atoms with Crippen molar-refractivity contribution in [2.45, 2.75) is 0 Å². The maximum atomic E-state index is 5.28. The first-order valence-corrected chi connectivity index (χ1v) is 21.1. The zero-order valence-electron chi connectivity index (χ0n) is 33.7. The first kappa shape index (κ1) is 35.6. The summed E-state index contributed by atoms with van der Waals surface area (Å²) >= 11 is 0. The number of aromatic nitrogens is 3. The number of hydrogen-bond acceptors (Lipinski definition) is 3. The lowest BCUT2D eigenvalue weighted by molar-refractivity contribution is 1.18. The first-order chi connectivity index (χ1) is 30.7. The van der Waals surface area contributed by atoms with Crippen LogP contribution in [-0.4, -0.2) is 14.5 Å². The van der Waals surface area contributed by atoms with Crippen LogP contribution in [0.3, 0.4) is 0 Å². The summed E-state index contributed by atoms with van der Waals surface area (Å²) in [7, 11) is 0. The summed E-state index contributed by atoms with van der Waals surface area (Å²) in [4.78, 5) is 10.5. The lowest BCUT2D eigenvalue weighted by Crippen LogP contribution is -1.97. The Kier molecular flexibility index (Phi) is 8.46.